The highest BCUT2D eigenvalue weighted by Gasteiger charge is 2.23. The first-order valence-corrected chi connectivity index (χ1v) is 9.18. The third kappa shape index (κ3) is 4.88. The second-order valence-corrected chi connectivity index (χ2v) is 7.07. The molecule has 2 aromatic rings. The normalized spacial score (nSPS) is 16.8. The number of amides is 2. The lowest BCUT2D eigenvalue weighted by Crippen LogP contribution is -2.45. The van der Waals surface area contributed by atoms with Crippen LogP contribution < -0.4 is 20.1 Å². The molecule has 138 valence electrons. The Balaban J connectivity index is 1.51. The van der Waals surface area contributed by atoms with Gasteiger partial charge in [0.25, 0.3) is 0 Å². The van der Waals surface area contributed by atoms with Crippen LogP contribution in [0.1, 0.15) is 24.9 Å². The van der Waals surface area contributed by atoms with E-state index in [0.717, 1.165) is 15.8 Å². The quantitative estimate of drug-likeness (QED) is 0.759. The van der Waals surface area contributed by atoms with Crippen molar-refractivity contribution in [3.8, 4) is 11.5 Å². The number of nitrogens with one attached hydrogen (secondary N) is 2. The summed E-state index contributed by atoms with van der Waals surface area (Å²) in [6.45, 7) is 2.69. The molecule has 0 aromatic heterocycles. The molecule has 2 amide bonds. The summed E-state index contributed by atoms with van der Waals surface area (Å²) in [5.74, 6) is 1.03. The number of urea groups is 1. The second kappa shape index (κ2) is 8.40. The number of fused-ring (bicyclic) bond motifs is 1. The fourth-order valence-corrected chi connectivity index (χ4v) is 3.11. The van der Waals surface area contributed by atoms with E-state index >= 15 is 0 Å². The Morgan fingerprint density at radius 3 is 2.88 bits per heavy atom. The molecule has 3 rings (SSSR count). The van der Waals surface area contributed by atoms with E-state index in [-0.39, 0.29) is 30.5 Å². The van der Waals surface area contributed by atoms with Crippen molar-refractivity contribution in [3.05, 3.63) is 58.3 Å². The summed E-state index contributed by atoms with van der Waals surface area (Å²) in [6, 6.07) is 11.0. The topological polar surface area (TPSA) is 59.6 Å². The minimum absolute atomic E-state index is 0.110. The maximum absolute atomic E-state index is 12.9. The number of hydrogen-bond acceptors (Lipinski definition) is 3. The molecule has 0 bridgehead atoms. The van der Waals surface area contributed by atoms with E-state index in [9.17, 15) is 9.18 Å². The summed E-state index contributed by atoms with van der Waals surface area (Å²) >= 11 is 3.45. The standard InChI is InChI=1S/C19H20BrFN2O3/c1-12(11-26-15-5-3-14(21)4-6-15)22-19(24)23-17-8-9-25-18-7-2-13(20)10-16(17)18/h2-7,10,12,17H,8-9,11H2,1H3,(H2,22,23,24). The predicted octanol–water partition coefficient (Wildman–Crippen LogP) is 4.18. The molecule has 7 heteroatoms. The summed E-state index contributed by atoms with van der Waals surface area (Å²) in [7, 11) is 0. The van der Waals surface area contributed by atoms with Crippen molar-refractivity contribution in [2.45, 2.75) is 25.4 Å². The molecule has 2 aromatic carbocycles. The molecule has 0 spiro atoms. The van der Waals surface area contributed by atoms with Gasteiger partial charge in [-0.1, -0.05) is 15.9 Å². The first-order chi connectivity index (χ1) is 12.5. The van der Waals surface area contributed by atoms with Gasteiger partial charge in [-0.25, -0.2) is 9.18 Å². The fraction of sp³-hybridized carbons (Fsp3) is 0.316. The van der Waals surface area contributed by atoms with E-state index in [1.54, 1.807) is 12.1 Å². The molecule has 0 saturated heterocycles. The fourth-order valence-electron chi connectivity index (χ4n) is 2.73. The van der Waals surface area contributed by atoms with E-state index < -0.39 is 0 Å². The number of rotatable bonds is 5. The van der Waals surface area contributed by atoms with E-state index in [4.69, 9.17) is 9.47 Å². The molecule has 2 atom stereocenters. The highest BCUT2D eigenvalue weighted by molar-refractivity contribution is 9.10. The third-order valence-electron chi connectivity index (χ3n) is 4.01. The Labute approximate surface area is 160 Å². The molecule has 5 nitrogen and oxygen atoms in total. The molecule has 26 heavy (non-hydrogen) atoms. The number of halogens is 2. The van der Waals surface area contributed by atoms with E-state index in [1.807, 2.05) is 25.1 Å². The molecule has 1 aliphatic heterocycles. The lowest BCUT2D eigenvalue weighted by atomic mass is 10.0. The largest absolute Gasteiger partial charge is 0.493 e. The minimum atomic E-state index is -0.314. The van der Waals surface area contributed by atoms with Gasteiger partial charge in [-0.2, -0.15) is 0 Å². The van der Waals surface area contributed by atoms with Gasteiger partial charge in [0.2, 0.25) is 0 Å². The molecular weight excluding hydrogens is 403 g/mol. The number of carbonyl (C=O) groups is 1. The summed E-state index contributed by atoms with van der Waals surface area (Å²) in [5.41, 5.74) is 0.955. The minimum Gasteiger partial charge on any atom is -0.493 e. The molecule has 1 aliphatic rings. The van der Waals surface area contributed by atoms with Crippen molar-refractivity contribution in [1.29, 1.82) is 0 Å². The molecule has 2 unspecified atom stereocenters. The van der Waals surface area contributed by atoms with Crippen molar-refractivity contribution >= 4 is 22.0 Å². The van der Waals surface area contributed by atoms with E-state index in [2.05, 4.69) is 26.6 Å². The van der Waals surface area contributed by atoms with Crippen LogP contribution in [-0.2, 0) is 0 Å². The Morgan fingerprint density at radius 1 is 1.35 bits per heavy atom. The zero-order valence-corrected chi connectivity index (χ0v) is 15.9. The van der Waals surface area contributed by atoms with Crippen LogP contribution in [0.5, 0.6) is 11.5 Å². The van der Waals surface area contributed by atoms with Crippen molar-refractivity contribution < 1.29 is 18.7 Å². The number of carbonyl (C=O) groups excluding carboxylic acids is 1. The van der Waals surface area contributed by atoms with Gasteiger partial charge in [0, 0.05) is 16.5 Å². The van der Waals surface area contributed by atoms with Crippen molar-refractivity contribution in [3.63, 3.8) is 0 Å². The first kappa shape index (κ1) is 18.5. The van der Waals surface area contributed by atoms with Crippen LogP contribution in [0.25, 0.3) is 0 Å². The zero-order valence-electron chi connectivity index (χ0n) is 14.3. The highest BCUT2D eigenvalue weighted by Crippen LogP contribution is 2.34. The van der Waals surface area contributed by atoms with Gasteiger partial charge < -0.3 is 20.1 Å². The lowest BCUT2D eigenvalue weighted by Gasteiger charge is -2.27. The van der Waals surface area contributed by atoms with Gasteiger partial charge >= 0.3 is 6.03 Å². The Hall–Kier alpha value is -2.28. The Bertz CT molecular complexity index is 770. The second-order valence-electron chi connectivity index (χ2n) is 6.16. The highest BCUT2D eigenvalue weighted by atomic mass is 79.9. The predicted molar refractivity (Wildman–Crippen MR) is 100 cm³/mol. The zero-order chi connectivity index (χ0) is 18.5. The molecule has 0 saturated carbocycles. The maximum Gasteiger partial charge on any atom is 0.315 e. The third-order valence-corrected chi connectivity index (χ3v) is 4.50. The molecule has 0 radical (unpaired) electrons. The van der Waals surface area contributed by atoms with Crippen LogP contribution in [0.4, 0.5) is 9.18 Å². The van der Waals surface area contributed by atoms with E-state index in [0.29, 0.717) is 18.8 Å². The van der Waals surface area contributed by atoms with Gasteiger partial charge in [-0.05, 0) is 49.4 Å². The van der Waals surface area contributed by atoms with Crippen LogP contribution in [0.3, 0.4) is 0 Å². The van der Waals surface area contributed by atoms with Gasteiger partial charge in [-0.15, -0.1) is 0 Å². The SMILES string of the molecule is CC(COc1ccc(F)cc1)NC(=O)NC1CCOc2ccc(Br)cc21. The molecule has 0 fully saturated rings. The van der Waals surface area contributed by atoms with Crippen LogP contribution in [0.15, 0.2) is 46.9 Å². The maximum atomic E-state index is 12.9. The van der Waals surface area contributed by atoms with Crippen LogP contribution >= 0.6 is 15.9 Å². The van der Waals surface area contributed by atoms with Crippen LogP contribution in [-0.4, -0.2) is 25.3 Å². The number of ether oxygens (including phenoxy) is 2. The van der Waals surface area contributed by atoms with E-state index in [1.165, 1.54) is 12.1 Å². The Kier molecular flexibility index (Phi) is 5.98. The summed E-state index contributed by atoms with van der Waals surface area (Å²) in [6.07, 6.45) is 0.706. The van der Waals surface area contributed by atoms with Crippen LogP contribution in [0.2, 0.25) is 0 Å². The molecule has 2 N–H and O–H groups in total. The van der Waals surface area contributed by atoms with Gasteiger partial charge in [-0.3, -0.25) is 0 Å². The molecule has 0 aliphatic carbocycles. The summed E-state index contributed by atoms with van der Waals surface area (Å²) in [4.78, 5) is 12.3. The summed E-state index contributed by atoms with van der Waals surface area (Å²) in [5, 5.41) is 5.84. The van der Waals surface area contributed by atoms with Gasteiger partial charge in [0.15, 0.2) is 0 Å². The van der Waals surface area contributed by atoms with Crippen molar-refractivity contribution in [2.24, 2.45) is 0 Å². The molecular formula is C19H20BrFN2O3. The average molecular weight is 423 g/mol. The smallest absolute Gasteiger partial charge is 0.315 e. The van der Waals surface area contributed by atoms with Crippen LogP contribution in [0, 0.1) is 5.82 Å². The number of hydrogen-bond donors (Lipinski definition) is 2. The summed E-state index contributed by atoms with van der Waals surface area (Å²) < 4.78 is 25.0. The van der Waals surface area contributed by atoms with Crippen molar-refractivity contribution in [2.75, 3.05) is 13.2 Å². The Morgan fingerprint density at radius 2 is 2.12 bits per heavy atom. The van der Waals surface area contributed by atoms with Gasteiger partial charge in [0.1, 0.15) is 23.9 Å². The first-order valence-electron chi connectivity index (χ1n) is 8.39. The molecule has 1 heterocycles. The van der Waals surface area contributed by atoms with Crippen molar-refractivity contribution in [1.82, 2.24) is 10.6 Å². The van der Waals surface area contributed by atoms with Gasteiger partial charge in [0.05, 0.1) is 18.7 Å². The monoisotopic (exact) mass is 422 g/mol. The average Bonchev–Trinajstić information content (AvgIpc) is 2.61. The lowest BCUT2D eigenvalue weighted by molar-refractivity contribution is 0.213. The number of benzene rings is 2.